The second-order valence-corrected chi connectivity index (χ2v) is 5.42. The molecule has 1 aromatic heterocycles. The summed E-state index contributed by atoms with van der Waals surface area (Å²) in [7, 11) is 0.316. The molecule has 0 amide bonds. The zero-order chi connectivity index (χ0) is 9.54. The van der Waals surface area contributed by atoms with E-state index in [9.17, 15) is 0 Å². The van der Waals surface area contributed by atoms with Gasteiger partial charge in [0.05, 0.1) is 0 Å². The van der Waals surface area contributed by atoms with E-state index < -0.39 is 0 Å². The Balaban J connectivity index is 2.54. The molecular weight excluding hydrogens is 188 g/mol. The highest BCUT2D eigenvalue weighted by Crippen LogP contribution is 2.32. The quantitative estimate of drug-likeness (QED) is 0.474. The number of hydrogen-bond acceptors (Lipinski definition) is 0. The molecule has 0 spiro atoms. The zero-order valence-corrected chi connectivity index (χ0v) is 8.84. The van der Waals surface area contributed by atoms with Crippen molar-refractivity contribution in [2.45, 2.75) is 0 Å². The van der Waals surface area contributed by atoms with E-state index in [1.165, 1.54) is 20.9 Å². The Morgan fingerprint density at radius 1 is 0.857 bits per heavy atom. The average Bonchev–Trinajstić information content (AvgIpc) is 2.57. The largest absolute Gasteiger partial charge is 0.180 e. The SMILES string of the molecule is C[s+]1ccc2cc3ccccc3cc21. The monoisotopic (exact) mass is 199 g/mol. The predicted molar refractivity (Wildman–Crippen MR) is 64.9 cm³/mol. The molecule has 1 unspecified atom stereocenters. The van der Waals surface area contributed by atoms with Gasteiger partial charge in [0.25, 0.3) is 0 Å². The summed E-state index contributed by atoms with van der Waals surface area (Å²) in [5, 5.41) is 6.39. The van der Waals surface area contributed by atoms with Crippen molar-refractivity contribution >= 4 is 31.3 Å². The Bertz CT molecular complexity index is 605. The van der Waals surface area contributed by atoms with Crippen molar-refractivity contribution in [3.63, 3.8) is 0 Å². The van der Waals surface area contributed by atoms with Crippen molar-refractivity contribution in [3.8, 4) is 0 Å². The third-order valence-electron chi connectivity index (χ3n) is 2.68. The minimum absolute atomic E-state index is 0.316. The molecule has 68 valence electrons. The van der Waals surface area contributed by atoms with E-state index in [1.807, 2.05) is 0 Å². The molecule has 3 aromatic rings. The lowest BCUT2D eigenvalue weighted by molar-refractivity contribution is 1.81. The van der Waals surface area contributed by atoms with Crippen LogP contribution in [0.5, 0.6) is 0 Å². The fraction of sp³-hybridized carbons (Fsp3) is 0.0769. The molecule has 0 bridgehead atoms. The summed E-state index contributed by atoms with van der Waals surface area (Å²) in [5.74, 6) is 0. The standard InChI is InChI=1S/C13H11S/c1-14-7-6-12-8-10-4-2-3-5-11(10)9-13(12)14/h2-9H,1H3/q+1. The Kier molecular flexibility index (Phi) is 1.62. The summed E-state index contributed by atoms with van der Waals surface area (Å²) in [4.78, 5) is 0. The molecule has 0 aliphatic carbocycles. The number of hydrogen-bond donors (Lipinski definition) is 0. The van der Waals surface area contributed by atoms with Crippen molar-refractivity contribution in [1.29, 1.82) is 0 Å². The van der Waals surface area contributed by atoms with Crippen LogP contribution in [0.15, 0.2) is 47.8 Å². The number of benzene rings is 2. The normalized spacial score (nSPS) is 12.5. The fourth-order valence-electron chi connectivity index (χ4n) is 1.89. The highest BCUT2D eigenvalue weighted by Gasteiger charge is 2.07. The van der Waals surface area contributed by atoms with Crippen molar-refractivity contribution in [3.05, 3.63) is 47.8 Å². The first-order valence-electron chi connectivity index (χ1n) is 4.70. The maximum Gasteiger partial charge on any atom is 0.180 e. The van der Waals surface area contributed by atoms with Crippen LogP contribution in [0.2, 0.25) is 0 Å². The molecule has 0 aliphatic heterocycles. The Morgan fingerprint density at radius 3 is 2.36 bits per heavy atom. The van der Waals surface area contributed by atoms with Gasteiger partial charge >= 0.3 is 0 Å². The number of fused-ring (bicyclic) bond motifs is 2. The highest BCUT2D eigenvalue weighted by atomic mass is 32.2. The van der Waals surface area contributed by atoms with E-state index in [-0.39, 0.29) is 0 Å². The van der Waals surface area contributed by atoms with Gasteiger partial charge in [-0.2, -0.15) is 0 Å². The van der Waals surface area contributed by atoms with Crippen LogP contribution in [0, 0.1) is 0 Å². The van der Waals surface area contributed by atoms with Gasteiger partial charge in [-0.25, -0.2) is 0 Å². The first kappa shape index (κ1) is 8.01. The van der Waals surface area contributed by atoms with Gasteiger partial charge in [0.15, 0.2) is 4.70 Å². The third-order valence-corrected chi connectivity index (χ3v) is 4.27. The second-order valence-electron chi connectivity index (χ2n) is 3.60. The fourth-order valence-corrected chi connectivity index (χ4v) is 3.20. The van der Waals surface area contributed by atoms with Crippen LogP contribution in [0.4, 0.5) is 0 Å². The first-order chi connectivity index (χ1) is 6.84. The van der Waals surface area contributed by atoms with Gasteiger partial charge < -0.3 is 0 Å². The molecule has 0 N–H and O–H groups in total. The van der Waals surface area contributed by atoms with Crippen LogP contribution < -0.4 is 0 Å². The lowest BCUT2D eigenvalue weighted by atomic mass is 10.1. The first-order valence-corrected chi connectivity index (χ1v) is 6.40. The maximum absolute atomic E-state index is 2.33. The van der Waals surface area contributed by atoms with Crippen molar-refractivity contribution in [1.82, 2.24) is 0 Å². The van der Waals surface area contributed by atoms with E-state index in [1.54, 1.807) is 0 Å². The highest BCUT2D eigenvalue weighted by molar-refractivity contribution is 7.34. The zero-order valence-electron chi connectivity index (χ0n) is 8.03. The summed E-state index contributed by atoms with van der Waals surface area (Å²) >= 11 is 0. The molecular formula is C13H11S+. The second kappa shape index (κ2) is 2.82. The molecule has 1 heterocycles. The molecule has 0 saturated carbocycles. The third kappa shape index (κ3) is 1.06. The Morgan fingerprint density at radius 2 is 1.57 bits per heavy atom. The summed E-state index contributed by atoms with van der Waals surface area (Å²) in [6, 6.07) is 15.4. The van der Waals surface area contributed by atoms with Gasteiger partial charge in [0, 0.05) is 17.5 Å². The molecule has 1 atom stereocenters. The number of aryl methyl sites for hydroxylation is 1. The van der Waals surface area contributed by atoms with E-state index in [0.29, 0.717) is 10.5 Å². The van der Waals surface area contributed by atoms with Crippen LogP contribution in [-0.4, -0.2) is 0 Å². The number of rotatable bonds is 0. The van der Waals surface area contributed by atoms with E-state index in [0.717, 1.165) is 0 Å². The van der Waals surface area contributed by atoms with E-state index in [4.69, 9.17) is 0 Å². The summed E-state index contributed by atoms with van der Waals surface area (Å²) in [5.41, 5.74) is 0. The van der Waals surface area contributed by atoms with Gasteiger partial charge in [-0.05, 0) is 27.3 Å². The minimum atomic E-state index is 0.316. The van der Waals surface area contributed by atoms with Crippen LogP contribution in [0.3, 0.4) is 0 Å². The summed E-state index contributed by atoms with van der Waals surface area (Å²) in [6.45, 7) is 0. The van der Waals surface area contributed by atoms with Crippen molar-refractivity contribution in [2.75, 3.05) is 0 Å². The summed E-state index contributed by atoms with van der Waals surface area (Å²) < 4.78 is 1.49. The molecule has 1 heteroatoms. The Labute approximate surface area is 85.8 Å². The van der Waals surface area contributed by atoms with Crippen LogP contribution in [-0.2, 0) is 6.26 Å². The molecule has 0 fully saturated rings. The minimum Gasteiger partial charge on any atom is -0.0616 e. The van der Waals surface area contributed by atoms with Crippen LogP contribution in [0.1, 0.15) is 0 Å². The molecule has 0 nitrogen and oxygen atoms in total. The van der Waals surface area contributed by atoms with Crippen molar-refractivity contribution < 1.29 is 0 Å². The maximum atomic E-state index is 2.33. The van der Waals surface area contributed by atoms with Gasteiger partial charge in [-0.1, -0.05) is 24.3 Å². The Hall–Kier alpha value is -1.34. The lowest BCUT2D eigenvalue weighted by Crippen LogP contribution is -1.70. The van der Waals surface area contributed by atoms with Gasteiger partial charge in [0.1, 0.15) is 11.6 Å². The molecule has 2 aromatic carbocycles. The topological polar surface area (TPSA) is 0 Å². The van der Waals surface area contributed by atoms with Crippen LogP contribution >= 0.6 is 10.5 Å². The van der Waals surface area contributed by atoms with Gasteiger partial charge in [-0.3, -0.25) is 0 Å². The molecule has 0 radical (unpaired) electrons. The van der Waals surface area contributed by atoms with E-state index in [2.05, 4.69) is 54.1 Å². The predicted octanol–water partition coefficient (Wildman–Crippen LogP) is 4.28. The van der Waals surface area contributed by atoms with Gasteiger partial charge in [0.2, 0.25) is 0 Å². The van der Waals surface area contributed by atoms with Gasteiger partial charge in [-0.15, -0.1) is 0 Å². The lowest BCUT2D eigenvalue weighted by Gasteiger charge is -1.95. The molecule has 3 rings (SSSR count). The van der Waals surface area contributed by atoms with E-state index >= 15 is 0 Å². The molecule has 0 saturated heterocycles. The smallest absolute Gasteiger partial charge is 0.0616 e. The van der Waals surface area contributed by atoms with Crippen LogP contribution in [0.25, 0.3) is 20.9 Å². The number of thiophene rings is 1. The van der Waals surface area contributed by atoms with Crippen molar-refractivity contribution in [2.24, 2.45) is 6.26 Å². The molecule has 14 heavy (non-hydrogen) atoms. The average molecular weight is 199 g/mol. The summed E-state index contributed by atoms with van der Waals surface area (Å²) in [6.07, 6.45) is 2.27. The molecule has 0 aliphatic rings.